The molecular weight excluding hydrogens is 548 g/mol. The largest absolute Gasteiger partial charge is 0.425 e. The third kappa shape index (κ3) is 5.79. The van der Waals surface area contributed by atoms with Crippen molar-refractivity contribution in [2.75, 3.05) is 11.6 Å². The Labute approximate surface area is 236 Å². The molecule has 1 atom stereocenters. The van der Waals surface area contributed by atoms with Gasteiger partial charge in [0.2, 0.25) is 10.0 Å². The van der Waals surface area contributed by atoms with Gasteiger partial charge < -0.3 is 4.74 Å². The first-order valence-electron chi connectivity index (χ1n) is 12.9. The van der Waals surface area contributed by atoms with Crippen molar-refractivity contribution in [3.05, 3.63) is 100 Å². The van der Waals surface area contributed by atoms with E-state index in [1.807, 2.05) is 18.2 Å². The Morgan fingerprint density at radius 1 is 1.02 bits per heavy atom. The lowest BCUT2D eigenvalue weighted by Gasteiger charge is -2.32. The van der Waals surface area contributed by atoms with Gasteiger partial charge in [-0.2, -0.15) is 14.4 Å². The van der Waals surface area contributed by atoms with Crippen LogP contribution in [0.25, 0.3) is 6.08 Å². The fourth-order valence-corrected chi connectivity index (χ4v) is 6.36. The smallest absolute Gasteiger partial charge is 0.329 e. The van der Waals surface area contributed by atoms with E-state index in [4.69, 9.17) is 4.74 Å². The maximum atomic E-state index is 13.3. The number of ether oxygens (including phenoxy) is 1. The molecule has 1 amide bonds. The molecule has 2 aliphatic heterocycles. The lowest BCUT2D eigenvalue weighted by molar-refractivity contribution is -0.384. The Balaban J connectivity index is 1.29. The van der Waals surface area contributed by atoms with Crippen LogP contribution in [0.2, 0.25) is 0 Å². The van der Waals surface area contributed by atoms with Gasteiger partial charge in [0.1, 0.15) is 11.8 Å². The first-order valence-corrected chi connectivity index (χ1v) is 14.3. The lowest BCUT2D eigenvalue weighted by atomic mass is 10.1. The zero-order valence-corrected chi connectivity index (χ0v) is 22.9. The number of nitrogens with zero attached hydrogens (tertiary/aromatic N) is 4. The number of nitro groups is 1. The highest BCUT2D eigenvalue weighted by Gasteiger charge is 2.39. The van der Waals surface area contributed by atoms with Crippen LogP contribution in [0.5, 0.6) is 5.75 Å². The van der Waals surface area contributed by atoms with Crippen molar-refractivity contribution in [3.63, 3.8) is 0 Å². The number of hydrazone groups is 1. The number of carbonyl (C=O) groups is 2. The minimum Gasteiger partial charge on any atom is -0.425 e. The number of non-ortho nitro benzene ring substituents is 1. The fraction of sp³-hybridized carbons (Fsp3) is 0.207. The molecule has 41 heavy (non-hydrogen) atoms. The summed E-state index contributed by atoms with van der Waals surface area (Å²) < 4.78 is 33.3. The second-order valence-corrected chi connectivity index (χ2v) is 11.5. The molecule has 1 unspecified atom stereocenters. The molecule has 5 rings (SSSR count). The number of carbonyl (C=O) groups excluding carboxylic acids is 2. The molecule has 11 nitrogen and oxygen atoms in total. The van der Waals surface area contributed by atoms with Gasteiger partial charge in [-0.05, 0) is 74.2 Å². The highest BCUT2D eigenvalue weighted by molar-refractivity contribution is 7.89. The van der Waals surface area contributed by atoms with Gasteiger partial charge in [0.05, 0.1) is 26.8 Å². The number of esters is 1. The van der Waals surface area contributed by atoms with Crippen LogP contribution < -0.4 is 9.75 Å². The van der Waals surface area contributed by atoms with E-state index in [1.54, 1.807) is 49.4 Å². The van der Waals surface area contributed by atoms with Crippen molar-refractivity contribution in [2.45, 2.75) is 37.1 Å². The summed E-state index contributed by atoms with van der Waals surface area (Å²) in [4.78, 5) is 36.3. The zero-order chi connectivity index (χ0) is 29.1. The maximum absolute atomic E-state index is 13.3. The van der Waals surface area contributed by atoms with Crippen LogP contribution in [0.15, 0.2) is 94.4 Å². The summed E-state index contributed by atoms with van der Waals surface area (Å²) >= 11 is 0. The average Bonchev–Trinajstić information content (AvgIpc) is 3.27. The Morgan fingerprint density at radius 3 is 2.37 bits per heavy atom. The second-order valence-electron chi connectivity index (χ2n) is 9.56. The Hall–Kier alpha value is -4.68. The van der Waals surface area contributed by atoms with Crippen molar-refractivity contribution in [2.24, 2.45) is 5.10 Å². The van der Waals surface area contributed by atoms with E-state index in [2.05, 4.69) is 5.10 Å². The summed E-state index contributed by atoms with van der Waals surface area (Å²) in [5.41, 5.74) is 2.13. The molecule has 2 aliphatic rings. The number of para-hydroxylation sites is 1. The molecule has 0 aromatic heterocycles. The fourth-order valence-electron chi connectivity index (χ4n) is 4.71. The molecule has 0 saturated carbocycles. The Morgan fingerprint density at radius 2 is 1.71 bits per heavy atom. The summed E-state index contributed by atoms with van der Waals surface area (Å²) in [6, 6.07) is 19.2. The first-order chi connectivity index (χ1) is 19.6. The lowest BCUT2D eigenvalue weighted by Crippen LogP contribution is -2.49. The molecule has 0 aliphatic carbocycles. The number of rotatable bonds is 7. The van der Waals surface area contributed by atoms with Crippen molar-refractivity contribution in [1.29, 1.82) is 0 Å². The highest BCUT2D eigenvalue weighted by Crippen LogP contribution is 2.29. The summed E-state index contributed by atoms with van der Waals surface area (Å²) in [5, 5.41) is 16.7. The molecule has 2 heterocycles. The van der Waals surface area contributed by atoms with E-state index in [0.717, 1.165) is 28.6 Å². The minimum atomic E-state index is -4.09. The summed E-state index contributed by atoms with van der Waals surface area (Å²) in [7, 11) is -4.09. The van der Waals surface area contributed by atoms with E-state index < -0.39 is 27.0 Å². The number of hydrogen-bond acceptors (Lipinski definition) is 8. The van der Waals surface area contributed by atoms with E-state index in [0.29, 0.717) is 35.4 Å². The first kappa shape index (κ1) is 27.9. The number of benzene rings is 3. The zero-order valence-electron chi connectivity index (χ0n) is 22.0. The summed E-state index contributed by atoms with van der Waals surface area (Å²) in [6.07, 6.45) is 3.21. The van der Waals surface area contributed by atoms with Gasteiger partial charge in [0.25, 0.3) is 11.6 Å². The van der Waals surface area contributed by atoms with Crippen LogP contribution in [0.3, 0.4) is 0 Å². The molecule has 12 heteroatoms. The Bertz CT molecular complexity index is 1650. The van der Waals surface area contributed by atoms with E-state index in [-0.39, 0.29) is 35.2 Å². The number of nitro benzene ring substituents is 1. The molecule has 3 aromatic carbocycles. The molecule has 1 fully saturated rings. The van der Waals surface area contributed by atoms with Crippen LogP contribution in [-0.4, -0.2) is 47.8 Å². The monoisotopic (exact) mass is 574 g/mol. The third-order valence-electron chi connectivity index (χ3n) is 6.85. The topological polar surface area (TPSA) is 139 Å². The summed E-state index contributed by atoms with van der Waals surface area (Å²) in [5.74, 6) is -0.742. The van der Waals surface area contributed by atoms with Crippen LogP contribution in [-0.2, 0) is 19.6 Å². The Kier molecular flexibility index (Phi) is 7.77. The van der Waals surface area contributed by atoms with Gasteiger partial charge in [0, 0.05) is 18.7 Å². The number of piperidine rings is 1. The molecule has 0 spiro atoms. The molecule has 210 valence electrons. The summed E-state index contributed by atoms with van der Waals surface area (Å²) in [6.45, 7) is 1.88. The van der Waals surface area contributed by atoms with Gasteiger partial charge in [-0.3, -0.25) is 14.9 Å². The molecule has 0 N–H and O–H groups in total. The molecular formula is C29H26N4O7S. The number of hydrogen-bond donors (Lipinski definition) is 0. The van der Waals surface area contributed by atoms with Crippen molar-refractivity contribution >= 4 is 45.1 Å². The number of sulfonamides is 1. The quantitative estimate of drug-likeness (QED) is 0.133. The van der Waals surface area contributed by atoms with E-state index >= 15 is 0 Å². The predicted molar refractivity (Wildman–Crippen MR) is 152 cm³/mol. The SMILES string of the molecule is CC1=NN(c2ccccc2)C(=O)/C1=C\c1ccc(OC(=O)C2CCCCN2S(=O)(=O)c2ccc([N+](=O)[O-])cc2)cc1. The van der Waals surface area contributed by atoms with Crippen LogP contribution in [0.4, 0.5) is 11.4 Å². The molecule has 1 saturated heterocycles. The van der Waals surface area contributed by atoms with Gasteiger partial charge in [-0.25, -0.2) is 13.2 Å². The number of amides is 1. The van der Waals surface area contributed by atoms with Gasteiger partial charge >= 0.3 is 5.97 Å². The van der Waals surface area contributed by atoms with Crippen molar-refractivity contribution in [3.8, 4) is 5.75 Å². The van der Waals surface area contributed by atoms with Crippen molar-refractivity contribution < 1.29 is 27.7 Å². The van der Waals surface area contributed by atoms with Crippen molar-refractivity contribution in [1.82, 2.24) is 4.31 Å². The average molecular weight is 575 g/mol. The van der Waals surface area contributed by atoms with Gasteiger partial charge in [-0.1, -0.05) is 30.3 Å². The maximum Gasteiger partial charge on any atom is 0.329 e. The number of anilines is 1. The second kappa shape index (κ2) is 11.4. The molecule has 0 radical (unpaired) electrons. The molecule has 3 aromatic rings. The van der Waals surface area contributed by atoms with E-state index in [1.165, 1.54) is 5.01 Å². The van der Waals surface area contributed by atoms with E-state index in [9.17, 15) is 28.1 Å². The van der Waals surface area contributed by atoms with Crippen LogP contribution in [0.1, 0.15) is 31.7 Å². The van der Waals surface area contributed by atoms with Gasteiger partial charge in [0.15, 0.2) is 0 Å². The molecule has 0 bridgehead atoms. The standard InChI is InChI=1S/C29H26N4O7S/c1-20-26(28(34)32(30-20)22-7-3-2-4-8-22)19-21-10-14-24(15-11-21)40-29(35)27-9-5-6-18-31(27)41(38,39)25-16-12-23(13-17-25)33(36)37/h2-4,7-8,10-17,19,27H,5-6,9,18H2,1H3/b26-19-. The van der Waals surface area contributed by atoms with Gasteiger partial charge in [-0.15, -0.1) is 0 Å². The predicted octanol–water partition coefficient (Wildman–Crippen LogP) is 4.55. The third-order valence-corrected chi connectivity index (χ3v) is 8.78. The minimum absolute atomic E-state index is 0.126. The van der Waals surface area contributed by atoms with Crippen LogP contribution >= 0.6 is 0 Å². The highest BCUT2D eigenvalue weighted by atomic mass is 32.2. The van der Waals surface area contributed by atoms with Crippen LogP contribution in [0, 0.1) is 10.1 Å². The normalized spacial score (nSPS) is 18.8.